The first-order valence-corrected chi connectivity index (χ1v) is 4.82. The van der Waals surface area contributed by atoms with Gasteiger partial charge < -0.3 is 10.1 Å². The maximum atomic E-state index is 10.9. The fourth-order valence-corrected chi connectivity index (χ4v) is 1.37. The lowest BCUT2D eigenvalue weighted by Crippen LogP contribution is -2.11. The lowest BCUT2D eigenvalue weighted by molar-refractivity contribution is 0.0696. The molecular weight excluding hydrogens is 178 g/mol. The highest BCUT2D eigenvalue weighted by molar-refractivity contribution is 5.89. The summed E-state index contributed by atoms with van der Waals surface area (Å²) < 4.78 is 0. The molecule has 0 saturated heterocycles. The van der Waals surface area contributed by atoms with Crippen LogP contribution in [0.1, 0.15) is 49.4 Å². The van der Waals surface area contributed by atoms with Crippen molar-refractivity contribution in [2.24, 2.45) is 0 Å². The number of carboxylic acids is 1. The fraction of sp³-hybridized carbons (Fsp3) is 0.545. The van der Waals surface area contributed by atoms with Crippen molar-refractivity contribution in [3.8, 4) is 0 Å². The minimum Gasteiger partial charge on any atom is -0.478 e. The zero-order valence-corrected chi connectivity index (χ0v) is 9.14. The number of rotatable bonds is 2. The van der Waals surface area contributed by atoms with Gasteiger partial charge >= 0.3 is 5.97 Å². The molecule has 0 radical (unpaired) electrons. The minimum atomic E-state index is -0.853. The van der Waals surface area contributed by atoms with Gasteiger partial charge in [-0.3, -0.25) is 0 Å². The van der Waals surface area contributed by atoms with Crippen LogP contribution in [0, 0.1) is 0 Å². The van der Waals surface area contributed by atoms with Crippen molar-refractivity contribution in [1.29, 1.82) is 0 Å². The van der Waals surface area contributed by atoms with Crippen LogP contribution in [0.4, 0.5) is 0 Å². The maximum absolute atomic E-state index is 10.9. The van der Waals surface area contributed by atoms with Crippen molar-refractivity contribution >= 4 is 5.97 Å². The van der Waals surface area contributed by atoms with E-state index in [2.05, 4.69) is 25.8 Å². The lowest BCUT2D eigenvalue weighted by Gasteiger charge is -2.15. The van der Waals surface area contributed by atoms with Gasteiger partial charge in [0.15, 0.2) is 0 Å². The van der Waals surface area contributed by atoms with E-state index in [0.29, 0.717) is 5.56 Å². The highest BCUT2D eigenvalue weighted by atomic mass is 16.4. The van der Waals surface area contributed by atoms with Gasteiger partial charge in [-0.05, 0) is 12.5 Å². The third kappa shape index (κ3) is 1.97. The SMILES string of the molecule is CCc1[nH]c(C(C)(C)C)cc1C(=O)O. The molecule has 0 aliphatic heterocycles. The highest BCUT2D eigenvalue weighted by Gasteiger charge is 2.20. The molecule has 0 saturated carbocycles. The van der Waals surface area contributed by atoms with E-state index in [4.69, 9.17) is 5.11 Å². The van der Waals surface area contributed by atoms with E-state index in [1.807, 2.05) is 6.92 Å². The van der Waals surface area contributed by atoms with E-state index in [0.717, 1.165) is 17.8 Å². The number of carboxylic acid groups (broad SMARTS) is 1. The maximum Gasteiger partial charge on any atom is 0.337 e. The number of hydrogen-bond donors (Lipinski definition) is 2. The molecule has 0 aliphatic carbocycles. The number of carbonyl (C=O) groups is 1. The van der Waals surface area contributed by atoms with E-state index < -0.39 is 5.97 Å². The van der Waals surface area contributed by atoms with Crippen molar-refractivity contribution in [3.05, 3.63) is 23.0 Å². The quantitative estimate of drug-likeness (QED) is 0.762. The van der Waals surface area contributed by atoms with Crippen LogP contribution < -0.4 is 0 Å². The number of H-pyrrole nitrogens is 1. The molecule has 78 valence electrons. The molecule has 3 nitrogen and oxygen atoms in total. The fourth-order valence-electron chi connectivity index (χ4n) is 1.37. The zero-order valence-electron chi connectivity index (χ0n) is 9.14. The van der Waals surface area contributed by atoms with Gasteiger partial charge in [-0.1, -0.05) is 27.7 Å². The van der Waals surface area contributed by atoms with Crippen LogP contribution in [0.5, 0.6) is 0 Å². The predicted molar refractivity (Wildman–Crippen MR) is 55.8 cm³/mol. The molecule has 1 aromatic rings. The zero-order chi connectivity index (χ0) is 10.9. The highest BCUT2D eigenvalue weighted by Crippen LogP contribution is 2.24. The van der Waals surface area contributed by atoms with Gasteiger partial charge in [0.05, 0.1) is 5.56 Å². The molecule has 0 amide bonds. The molecule has 0 atom stereocenters. The van der Waals surface area contributed by atoms with Crippen molar-refractivity contribution in [1.82, 2.24) is 4.98 Å². The number of aromatic amines is 1. The van der Waals surface area contributed by atoms with Crippen molar-refractivity contribution in [3.63, 3.8) is 0 Å². The molecule has 0 unspecified atom stereocenters. The number of hydrogen-bond acceptors (Lipinski definition) is 1. The average Bonchev–Trinajstić information content (AvgIpc) is 2.45. The van der Waals surface area contributed by atoms with E-state index in [1.165, 1.54) is 0 Å². The van der Waals surface area contributed by atoms with E-state index in [-0.39, 0.29) is 5.41 Å². The molecule has 3 heteroatoms. The van der Waals surface area contributed by atoms with Crippen molar-refractivity contribution in [2.75, 3.05) is 0 Å². The number of aromatic nitrogens is 1. The molecular formula is C11H17NO2. The van der Waals surface area contributed by atoms with Gasteiger partial charge in [0, 0.05) is 16.8 Å². The van der Waals surface area contributed by atoms with Crippen LogP contribution in [0.25, 0.3) is 0 Å². The summed E-state index contributed by atoms with van der Waals surface area (Å²) in [5.41, 5.74) is 2.16. The van der Waals surface area contributed by atoms with Crippen LogP contribution in [0.2, 0.25) is 0 Å². The monoisotopic (exact) mass is 195 g/mol. The normalized spacial score (nSPS) is 11.7. The Hall–Kier alpha value is -1.25. The van der Waals surface area contributed by atoms with Crippen LogP contribution in [0.15, 0.2) is 6.07 Å². The molecule has 14 heavy (non-hydrogen) atoms. The van der Waals surface area contributed by atoms with Gasteiger partial charge in [0.25, 0.3) is 0 Å². The third-order valence-corrected chi connectivity index (χ3v) is 2.29. The Morgan fingerprint density at radius 2 is 2.07 bits per heavy atom. The molecule has 0 aromatic carbocycles. The number of aromatic carboxylic acids is 1. The summed E-state index contributed by atoms with van der Waals surface area (Å²) in [5, 5.41) is 8.96. The number of nitrogens with one attached hydrogen (secondary N) is 1. The Bertz CT molecular complexity index is 345. The Labute approximate surface area is 84.2 Å². The molecule has 1 heterocycles. The second-order valence-corrected chi connectivity index (χ2v) is 4.48. The molecule has 1 aromatic heterocycles. The lowest BCUT2D eigenvalue weighted by atomic mass is 9.92. The molecule has 0 aliphatic rings. The summed E-state index contributed by atoms with van der Waals surface area (Å²) in [7, 11) is 0. The van der Waals surface area contributed by atoms with E-state index in [1.54, 1.807) is 6.07 Å². The van der Waals surface area contributed by atoms with Crippen LogP contribution in [0.3, 0.4) is 0 Å². The summed E-state index contributed by atoms with van der Waals surface area (Å²) in [6.45, 7) is 8.13. The summed E-state index contributed by atoms with van der Waals surface area (Å²) in [5.74, 6) is -0.853. The Morgan fingerprint density at radius 3 is 2.36 bits per heavy atom. The van der Waals surface area contributed by atoms with Crippen molar-refractivity contribution in [2.45, 2.75) is 39.5 Å². The first-order valence-electron chi connectivity index (χ1n) is 4.82. The summed E-state index contributed by atoms with van der Waals surface area (Å²) >= 11 is 0. The van der Waals surface area contributed by atoms with Gasteiger partial charge in [-0.15, -0.1) is 0 Å². The first-order chi connectivity index (χ1) is 6.36. The molecule has 0 bridgehead atoms. The second-order valence-electron chi connectivity index (χ2n) is 4.48. The topological polar surface area (TPSA) is 53.1 Å². The van der Waals surface area contributed by atoms with Gasteiger partial charge in [-0.2, -0.15) is 0 Å². The smallest absolute Gasteiger partial charge is 0.337 e. The Balaban J connectivity index is 3.20. The van der Waals surface area contributed by atoms with Crippen molar-refractivity contribution < 1.29 is 9.90 Å². The van der Waals surface area contributed by atoms with Gasteiger partial charge in [0.1, 0.15) is 0 Å². The predicted octanol–water partition coefficient (Wildman–Crippen LogP) is 2.57. The minimum absolute atomic E-state index is 0.0301. The summed E-state index contributed by atoms with van der Waals surface area (Å²) in [6.07, 6.45) is 0.720. The van der Waals surface area contributed by atoms with Crippen LogP contribution in [-0.4, -0.2) is 16.1 Å². The largest absolute Gasteiger partial charge is 0.478 e. The van der Waals surface area contributed by atoms with Gasteiger partial charge in [0.2, 0.25) is 0 Å². The van der Waals surface area contributed by atoms with E-state index in [9.17, 15) is 4.79 Å². The number of aryl methyl sites for hydroxylation is 1. The second kappa shape index (κ2) is 3.48. The first kappa shape index (κ1) is 10.8. The molecule has 0 spiro atoms. The summed E-state index contributed by atoms with van der Waals surface area (Å²) in [6, 6.07) is 1.74. The van der Waals surface area contributed by atoms with Crippen LogP contribution in [-0.2, 0) is 11.8 Å². The van der Waals surface area contributed by atoms with Gasteiger partial charge in [-0.25, -0.2) is 4.79 Å². The molecule has 0 fully saturated rings. The Kier molecular flexibility index (Phi) is 2.69. The van der Waals surface area contributed by atoms with Crippen LogP contribution >= 0.6 is 0 Å². The third-order valence-electron chi connectivity index (χ3n) is 2.29. The van der Waals surface area contributed by atoms with E-state index >= 15 is 0 Å². The molecule has 2 N–H and O–H groups in total. The average molecular weight is 195 g/mol. The Morgan fingerprint density at radius 1 is 1.50 bits per heavy atom. The summed E-state index contributed by atoms with van der Waals surface area (Å²) in [4.78, 5) is 14.1. The molecule has 1 rings (SSSR count). The standard InChI is InChI=1S/C11H17NO2/c1-5-8-7(10(13)14)6-9(12-8)11(2,3)4/h6,12H,5H2,1-4H3,(H,13,14).